The molecule has 104 valence electrons. The van der Waals surface area contributed by atoms with Crippen LogP contribution in [0, 0.1) is 18.8 Å². The van der Waals surface area contributed by atoms with Gasteiger partial charge in [0, 0.05) is 37.9 Å². The summed E-state index contributed by atoms with van der Waals surface area (Å²) in [5.74, 6) is 2.41. The minimum atomic E-state index is 0.725. The summed E-state index contributed by atoms with van der Waals surface area (Å²) in [7, 11) is 3.90. The second-order valence-corrected chi connectivity index (χ2v) is 6.03. The maximum atomic E-state index is 5.96. The smallest absolute Gasteiger partial charge is 0.143 e. The molecule has 2 heterocycles. The van der Waals surface area contributed by atoms with E-state index >= 15 is 0 Å². The molecule has 0 amide bonds. The van der Waals surface area contributed by atoms with Crippen molar-refractivity contribution in [2.24, 2.45) is 11.8 Å². The predicted octanol–water partition coefficient (Wildman–Crippen LogP) is 1.58. The lowest BCUT2D eigenvalue weighted by molar-refractivity contribution is 0.387. The van der Waals surface area contributed by atoms with E-state index in [1.54, 1.807) is 7.11 Å². The van der Waals surface area contributed by atoms with E-state index in [0.29, 0.717) is 0 Å². The number of nitrogens with two attached hydrogens (primary N) is 1. The number of rotatable bonds is 2. The molecule has 2 N–H and O–H groups in total. The Morgan fingerprint density at radius 3 is 2.37 bits per heavy atom. The van der Waals surface area contributed by atoms with Crippen molar-refractivity contribution in [3.8, 4) is 5.75 Å². The Labute approximate surface area is 115 Å². The lowest BCUT2D eigenvalue weighted by Gasteiger charge is -2.24. The Morgan fingerprint density at radius 1 is 1.16 bits per heavy atom. The molecule has 1 aromatic rings. The fraction of sp³-hybridized carbons (Fsp3) is 0.600. The third-order valence-electron chi connectivity index (χ3n) is 4.56. The predicted molar refractivity (Wildman–Crippen MR) is 78.8 cm³/mol. The summed E-state index contributed by atoms with van der Waals surface area (Å²) in [6.45, 7) is 6.90. The number of benzene rings is 1. The Morgan fingerprint density at radius 2 is 1.79 bits per heavy atom. The van der Waals surface area contributed by atoms with Crippen LogP contribution in [-0.4, -0.2) is 45.2 Å². The van der Waals surface area contributed by atoms with Gasteiger partial charge in [-0.05, 0) is 37.4 Å². The number of ether oxygens (including phenoxy) is 1. The van der Waals surface area contributed by atoms with Gasteiger partial charge in [-0.1, -0.05) is 0 Å². The number of hydrogen-bond donors (Lipinski definition) is 1. The van der Waals surface area contributed by atoms with E-state index in [9.17, 15) is 0 Å². The maximum absolute atomic E-state index is 5.96. The zero-order valence-corrected chi connectivity index (χ0v) is 12.0. The first-order valence-electron chi connectivity index (χ1n) is 6.96. The van der Waals surface area contributed by atoms with E-state index in [-0.39, 0.29) is 0 Å². The van der Waals surface area contributed by atoms with Gasteiger partial charge in [0.2, 0.25) is 0 Å². The van der Waals surface area contributed by atoms with E-state index < -0.39 is 0 Å². The molecule has 0 bridgehead atoms. The van der Waals surface area contributed by atoms with Crippen LogP contribution in [0.3, 0.4) is 0 Å². The van der Waals surface area contributed by atoms with Crippen molar-refractivity contribution in [1.82, 2.24) is 4.90 Å². The molecule has 0 aliphatic carbocycles. The summed E-state index contributed by atoms with van der Waals surface area (Å²) < 4.78 is 5.35. The summed E-state index contributed by atoms with van der Waals surface area (Å²) in [5.41, 5.74) is 9.21. The molecule has 3 rings (SSSR count). The highest BCUT2D eigenvalue weighted by atomic mass is 16.5. The van der Waals surface area contributed by atoms with Crippen molar-refractivity contribution < 1.29 is 4.74 Å². The van der Waals surface area contributed by atoms with Crippen LogP contribution in [0.25, 0.3) is 0 Å². The number of fused-ring (bicyclic) bond motifs is 1. The topological polar surface area (TPSA) is 41.7 Å². The number of nitrogens with zero attached hydrogens (tertiary/aromatic N) is 2. The molecule has 4 heteroatoms. The van der Waals surface area contributed by atoms with Gasteiger partial charge in [0.15, 0.2) is 0 Å². The average Bonchev–Trinajstić information content (AvgIpc) is 2.86. The van der Waals surface area contributed by atoms with Crippen LogP contribution in [-0.2, 0) is 0 Å². The molecule has 2 atom stereocenters. The molecule has 0 unspecified atom stereocenters. The first-order chi connectivity index (χ1) is 9.08. The van der Waals surface area contributed by atoms with Gasteiger partial charge in [0.1, 0.15) is 5.75 Å². The maximum Gasteiger partial charge on any atom is 0.143 e. The summed E-state index contributed by atoms with van der Waals surface area (Å²) in [6.07, 6.45) is 0. The van der Waals surface area contributed by atoms with Crippen molar-refractivity contribution in [2.75, 3.05) is 51.0 Å². The molecule has 2 aliphatic rings. The van der Waals surface area contributed by atoms with Gasteiger partial charge in [-0.25, -0.2) is 0 Å². The number of nitrogen functional groups attached to an aromatic ring is 1. The highest BCUT2D eigenvalue weighted by molar-refractivity contribution is 5.67. The van der Waals surface area contributed by atoms with Gasteiger partial charge in [-0.3, -0.25) is 0 Å². The van der Waals surface area contributed by atoms with Gasteiger partial charge in [0.25, 0.3) is 0 Å². The second kappa shape index (κ2) is 4.60. The van der Waals surface area contributed by atoms with Gasteiger partial charge in [-0.15, -0.1) is 0 Å². The molecule has 0 spiro atoms. The molecule has 2 fully saturated rings. The molecule has 0 radical (unpaired) electrons. The molecule has 4 nitrogen and oxygen atoms in total. The fourth-order valence-electron chi connectivity index (χ4n) is 3.64. The Kier molecular flexibility index (Phi) is 3.05. The number of methoxy groups -OCH3 is 1. The van der Waals surface area contributed by atoms with Crippen molar-refractivity contribution in [2.45, 2.75) is 6.92 Å². The van der Waals surface area contributed by atoms with Crippen LogP contribution in [0.1, 0.15) is 5.56 Å². The zero-order chi connectivity index (χ0) is 13.6. The Bertz CT molecular complexity index is 475. The zero-order valence-electron chi connectivity index (χ0n) is 12.0. The third kappa shape index (κ3) is 2.14. The van der Waals surface area contributed by atoms with E-state index in [0.717, 1.165) is 36.4 Å². The standard InChI is InChI=1S/C15H23N3O/c1-10-4-13(16)15(19-3)5-14(10)18-8-11-6-17(2)7-12(11)9-18/h4-5,11-12H,6-9,16H2,1-3H3/t11-,12+. The largest absolute Gasteiger partial charge is 0.495 e. The first-order valence-corrected chi connectivity index (χ1v) is 6.96. The summed E-state index contributed by atoms with van der Waals surface area (Å²) >= 11 is 0. The van der Waals surface area contributed by atoms with Crippen LogP contribution in [0.4, 0.5) is 11.4 Å². The number of aryl methyl sites for hydroxylation is 1. The highest BCUT2D eigenvalue weighted by Crippen LogP contribution is 2.37. The molecule has 0 aromatic heterocycles. The van der Waals surface area contributed by atoms with Crippen LogP contribution >= 0.6 is 0 Å². The number of likely N-dealkylation sites (tertiary alicyclic amines) is 1. The second-order valence-electron chi connectivity index (χ2n) is 6.03. The lowest BCUT2D eigenvalue weighted by atomic mass is 10.0. The van der Waals surface area contributed by atoms with Crippen molar-refractivity contribution in [3.63, 3.8) is 0 Å². The quantitative estimate of drug-likeness (QED) is 0.821. The van der Waals surface area contributed by atoms with E-state index in [1.807, 2.05) is 6.07 Å². The van der Waals surface area contributed by atoms with Gasteiger partial charge < -0.3 is 20.3 Å². The molecular weight excluding hydrogens is 238 g/mol. The molecule has 2 saturated heterocycles. The average molecular weight is 261 g/mol. The first kappa shape index (κ1) is 12.6. The highest BCUT2D eigenvalue weighted by Gasteiger charge is 2.39. The summed E-state index contributed by atoms with van der Waals surface area (Å²) in [4.78, 5) is 4.95. The van der Waals surface area contributed by atoms with Gasteiger partial charge in [-0.2, -0.15) is 0 Å². The molecule has 2 aliphatic heterocycles. The van der Waals surface area contributed by atoms with Crippen LogP contribution in [0.2, 0.25) is 0 Å². The van der Waals surface area contributed by atoms with Crippen LogP contribution in [0.15, 0.2) is 12.1 Å². The van der Waals surface area contributed by atoms with Gasteiger partial charge >= 0.3 is 0 Å². The molecule has 0 saturated carbocycles. The van der Waals surface area contributed by atoms with E-state index in [4.69, 9.17) is 10.5 Å². The molecular formula is C15H23N3O. The van der Waals surface area contributed by atoms with E-state index in [1.165, 1.54) is 24.3 Å². The van der Waals surface area contributed by atoms with Crippen LogP contribution < -0.4 is 15.4 Å². The SMILES string of the molecule is COc1cc(N2C[C@H]3CN(C)C[C@H]3C2)c(C)cc1N. The molecule has 1 aromatic carbocycles. The number of anilines is 2. The number of hydrogen-bond acceptors (Lipinski definition) is 4. The normalized spacial score (nSPS) is 26.8. The minimum Gasteiger partial charge on any atom is -0.495 e. The summed E-state index contributed by atoms with van der Waals surface area (Å²) in [6, 6.07) is 4.11. The van der Waals surface area contributed by atoms with Crippen molar-refractivity contribution >= 4 is 11.4 Å². The Hall–Kier alpha value is -1.42. The van der Waals surface area contributed by atoms with Crippen molar-refractivity contribution in [3.05, 3.63) is 17.7 Å². The minimum absolute atomic E-state index is 0.725. The Balaban J connectivity index is 1.84. The van der Waals surface area contributed by atoms with E-state index in [2.05, 4.69) is 29.8 Å². The monoisotopic (exact) mass is 261 g/mol. The van der Waals surface area contributed by atoms with Crippen LogP contribution in [0.5, 0.6) is 5.75 Å². The summed E-state index contributed by atoms with van der Waals surface area (Å²) in [5, 5.41) is 0. The van der Waals surface area contributed by atoms with Gasteiger partial charge in [0.05, 0.1) is 12.8 Å². The molecule has 19 heavy (non-hydrogen) atoms. The third-order valence-corrected chi connectivity index (χ3v) is 4.56. The fourth-order valence-corrected chi connectivity index (χ4v) is 3.64. The van der Waals surface area contributed by atoms with Crippen molar-refractivity contribution in [1.29, 1.82) is 0 Å². The lowest BCUT2D eigenvalue weighted by Crippen LogP contribution is -2.27.